The molecule has 1 amide bonds. The van der Waals surface area contributed by atoms with E-state index in [0.717, 1.165) is 42.8 Å². The molecule has 0 radical (unpaired) electrons. The molecule has 3 rings (SSSR count). The highest BCUT2D eigenvalue weighted by atomic mass is 16.5. The number of carbonyl (C=O) groups is 1. The van der Waals surface area contributed by atoms with Gasteiger partial charge in [0.25, 0.3) is 0 Å². The van der Waals surface area contributed by atoms with Crippen LogP contribution in [0, 0.1) is 0 Å². The molecule has 0 aliphatic carbocycles. The second kappa shape index (κ2) is 11.2. The largest absolute Gasteiger partial charge is 0.497 e. The molecular weight excluding hydrogens is 372 g/mol. The molecule has 0 aliphatic rings. The number of carbonyl (C=O) groups excluding carboxylic acids is 1. The molecule has 0 fully saturated rings. The van der Waals surface area contributed by atoms with Crippen LogP contribution in [0.25, 0.3) is 0 Å². The van der Waals surface area contributed by atoms with Crippen LogP contribution in [0.5, 0.6) is 5.75 Å². The third-order valence-electron chi connectivity index (χ3n) is 5.33. The van der Waals surface area contributed by atoms with Crippen LogP contribution in [0.1, 0.15) is 49.4 Å². The number of ether oxygens (including phenoxy) is 1. The fourth-order valence-corrected chi connectivity index (χ4v) is 3.63. The van der Waals surface area contributed by atoms with Crippen LogP contribution in [-0.2, 0) is 24.4 Å². The fraction of sp³-hybridized carbons (Fsp3) is 0.346. The molecule has 1 aromatic heterocycles. The Hall–Kier alpha value is -3.01. The number of hydrogen-bond donors (Lipinski definition) is 0. The van der Waals surface area contributed by atoms with Crippen LogP contribution < -0.4 is 4.74 Å². The molecule has 30 heavy (non-hydrogen) atoms. The van der Waals surface area contributed by atoms with Gasteiger partial charge in [-0.2, -0.15) is 0 Å². The predicted molar refractivity (Wildman–Crippen MR) is 121 cm³/mol. The third-order valence-corrected chi connectivity index (χ3v) is 5.33. The van der Waals surface area contributed by atoms with E-state index in [0.29, 0.717) is 19.5 Å². The highest BCUT2D eigenvalue weighted by Gasteiger charge is 2.16. The maximum Gasteiger partial charge on any atom is 0.223 e. The molecule has 0 unspecified atom stereocenters. The minimum Gasteiger partial charge on any atom is -0.497 e. The summed E-state index contributed by atoms with van der Waals surface area (Å²) in [4.78, 5) is 15.0. The lowest BCUT2D eigenvalue weighted by atomic mass is 10.1. The lowest BCUT2D eigenvalue weighted by Crippen LogP contribution is -2.30. The Balaban J connectivity index is 1.75. The van der Waals surface area contributed by atoms with E-state index in [9.17, 15) is 4.79 Å². The van der Waals surface area contributed by atoms with Gasteiger partial charge < -0.3 is 14.2 Å². The highest BCUT2D eigenvalue weighted by molar-refractivity contribution is 5.76. The first-order valence-electron chi connectivity index (χ1n) is 10.8. The van der Waals surface area contributed by atoms with Crippen LogP contribution in [0.4, 0.5) is 0 Å². The highest BCUT2D eigenvalue weighted by Crippen LogP contribution is 2.18. The van der Waals surface area contributed by atoms with E-state index < -0.39 is 0 Å². The Morgan fingerprint density at radius 3 is 2.50 bits per heavy atom. The molecule has 4 nitrogen and oxygen atoms in total. The first-order chi connectivity index (χ1) is 14.7. The first-order valence-corrected chi connectivity index (χ1v) is 10.8. The van der Waals surface area contributed by atoms with Gasteiger partial charge in [-0.25, -0.2) is 0 Å². The molecule has 0 saturated heterocycles. The number of unbranched alkanes of at least 4 members (excludes halogenated alkanes) is 2. The van der Waals surface area contributed by atoms with E-state index >= 15 is 0 Å². The van der Waals surface area contributed by atoms with Gasteiger partial charge in [0, 0.05) is 31.4 Å². The number of methoxy groups -OCH3 is 1. The Kier molecular flexibility index (Phi) is 8.13. The minimum atomic E-state index is 0.224. The van der Waals surface area contributed by atoms with Crippen molar-refractivity contribution in [3.8, 4) is 5.75 Å². The van der Waals surface area contributed by atoms with Crippen molar-refractivity contribution in [3.63, 3.8) is 0 Å². The van der Waals surface area contributed by atoms with Gasteiger partial charge in [0.2, 0.25) is 5.91 Å². The number of nitrogens with zero attached hydrogens (tertiary/aromatic N) is 2. The van der Waals surface area contributed by atoms with Crippen molar-refractivity contribution in [1.82, 2.24) is 9.47 Å². The van der Waals surface area contributed by atoms with E-state index in [2.05, 4.69) is 54.1 Å². The van der Waals surface area contributed by atoms with Crippen molar-refractivity contribution in [1.29, 1.82) is 0 Å². The third kappa shape index (κ3) is 6.24. The summed E-state index contributed by atoms with van der Waals surface area (Å²) in [5.74, 6) is 1.08. The van der Waals surface area contributed by atoms with Crippen LogP contribution in [0.15, 0.2) is 72.9 Å². The van der Waals surface area contributed by atoms with Gasteiger partial charge in [0.05, 0.1) is 13.7 Å². The van der Waals surface area contributed by atoms with Crippen molar-refractivity contribution < 1.29 is 9.53 Å². The first kappa shape index (κ1) is 21.7. The molecule has 3 aromatic rings. The van der Waals surface area contributed by atoms with Crippen molar-refractivity contribution >= 4 is 5.91 Å². The predicted octanol–water partition coefficient (Wildman–Crippen LogP) is 5.65. The monoisotopic (exact) mass is 404 g/mol. The average molecular weight is 405 g/mol. The number of benzene rings is 2. The normalized spacial score (nSPS) is 10.7. The summed E-state index contributed by atoms with van der Waals surface area (Å²) < 4.78 is 7.57. The number of hydrogen-bond acceptors (Lipinski definition) is 2. The smallest absolute Gasteiger partial charge is 0.223 e. The molecule has 2 aromatic carbocycles. The average Bonchev–Trinajstić information content (AvgIpc) is 3.20. The molecule has 0 atom stereocenters. The maximum atomic E-state index is 13.0. The molecule has 0 aliphatic heterocycles. The van der Waals surface area contributed by atoms with Crippen molar-refractivity contribution in [3.05, 3.63) is 89.7 Å². The molecule has 0 saturated carbocycles. The van der Waals surface area contributed by atoms with Crippen molar-refractivity contribution in [2.45, 2.75) is 52.2 Å². The van der Waals surface area contributed by atoms with Crippen LogP contribution in [-0.4, -0.2) is 22.5 Å². The Labute approximate surface area is 180 Å². The zero-order valence-electron chi connectivity index (χ0n) is 18.1. The van der Waals surface area contributed by atoms with Gasteiger partial charge in [0.1, 0.15) is 5.75 Å². The van der Waals surface area contributed by atoms with E-state index in [4.69, 9.17) is 4.74 Å². The van der Waals surface area contributed by atoms with Crippen molar-refractivity contribution in [2.24, 2.45) is 0 Å². The zero-order valence-corrected chi connectivity index (χ0v) is 18.1. The SMILES string of the molecule is CCCCCC(=O)N(Cc1ccccc1)Cc1cccn1Cc1cccc(OC)c1. The number of aromatic nitrogens is 1. The minimum absolute atomic E-state index is 0.224. The molecule has 4 heteroatoms. The van der Waals surface area contributed by atoms with E-state index in [1.165, 1.54) is 5.56 Å². The summed E-state index contributed by atoms with van der Waals surface area (Å²) in [5.41, 5.74) is 3.47. The quantitative estimate of drug-likeness (QED) is 0.387. The molecule has 0 N–H and O–H groups in total. The second-order valence-electron chi connectivity index (χ2n) is 7.67. The lowest BCUT2D eigenvalue weighted by molar-refractivity contribution is -0.132. The van der Waals surface area contributed by atoms with E-state index in [1.54, 1.807) is 7.11 Å². The van der Waals surface area contributed by atoms with Gasteiger partial charge in [-0.3, -0.25) is 4.79 Å². The van der Waals surface area contributed by atoms with Gasteiger partial charge >= 0.3 is 0 Å². The molecular formula is C26H32N2O2. The van der Waals surface area contributed by atoms with E-state index in [1.807, 2.05) is 35.2 Å². The number of amides is 1. The molecule has 1 heterocycles. The summed E-state index contributed by atoms with van der Waals surface area (Å²) in [6.45, 7) is 4.16. The zero-order chi connectivity index (χ0) is 21.2. The van der Waals surface area contributed by atoms with Crippen LogP contribution >= 0.6 is 0 Å². The summed E-state index contributed by atoms with van der Waals surface area (Å²) >= 11 is 0. The topological polar surface area (TPSA) is 34.5 Å². The maximum absolute atomic E-state index is 13.0. The molecule has 0 spiro atoms. The Bertz CT molecular complexity index is 918. The molecule has 158 valence electrons. The summed E-state index contributed by atoms with van der Waals surface area (Å²) in [5, 5.41) is 0. The second-order valence-corrected chi connectivity index (χ2v) is 7.67. The summed E-state index contributed by atoms with van der Waals surface area (Å²) in [6.07, 6.45) is 5.85. The van der Waals surface area contributed by atoms with Gasteiger partial charge in [0.15, 0.2) is 0 Å². The van der Waals surface area contributed by atoms with Crippen LogP contribution in [0.2, 0.25) is 0 Å². The standard InChI is InChI=1S/C26H32N2O2/c1-3-4-6-16-26(29)28(19-22-11-7-5-8-12-22)21-24-14-10-17-27(24)20-23-13-9-15-25(18-23)30-2/h5,7-15,17-18H,3-4,6,16,19-21H2,1-2H3. The van der Waals surface area contributed by atoms with Gasteiger partial charge in [-0.1, -0.05) is 62.2 Å². The fourth-order valence-electron chi connectivity index (χ4n) is 3.63. The van der Waals surface area contributed by atoms with E-state index in [-0.39, 0.29) is 5.91 Å². The van der Waals surface area contributed by atoms with Gasteiger partial charge in [-0.15, -0.1) is 0 Å². The van der Waals surface area contributed by atoms with Crippen LogP contribution in [0.3, 0.4) is 0 Å². The summed E-state index contributed by atoms with van der Waals surface area (Å²) in [7, 11) is 1.69. The lowest BCUT2D eigenvalue weighted by Gasteiger charge is -2.24. The van der Waals surface area contributed by atoms with Gasteiger partial charge in [-0.05, 0) is 41.8 Å². The Morgan fingerprint density at radius 2 is 1.73 bits per heavy atom. The summed E-state index contributed by atoms with van der Waals surface area (Å²) in [6, 6.07) is 22.5. The number of rotatable bonds is 11. The molecule has 0 bridgehead atoms. The Morgan fingerprint density at radius 1 is 0.933 bits per heavy atom. The van der Waals surface area contributed by atoms with Crippen molar-refractivity contribution in [2.75, 3.05) is 7.11 Å².